The van der Waals surface area contributed by atoms with Crippen molar-refractivity contribution in [3.63, 3.8) is 0 Å². The molecule has 2 aromatic rings. The van der Waals surface area contributed by atoms with Crippen molar-refractivity contribution in [1.82, 2.24) is 19.5 Å². The van der Waals surface area contributed by atoms with E-state index in [1.165, 1.54) is 6.92 Å². The number of halogens is 3. The van der Waals surface area contributed by atoms with Crippen molar-refractivity contribution in [3.8, 4) is 5.88 Å². The fourth-order valence-electron chi connectivity index (χ4n) is 3.91. The van der Waals surface area contributed by atoms with Crippen molar-refractivity contribution in [1.29, 1.82) is 0 Å². The first kappa shape index (κ1) is 28.7. The Hall–Kier alpha value is -2.90. The summed E-state index contributed by atoms with van der Waals surface area (Å²) in [4.78, 5) is 28.7. The first-order valence-corrected chi connectivity index (χ1v) is 12.9. The number of ether oxygens (including phenoxy) is 1. The number of anilines is 1. The number of amides is 2. The quantitative estimate of drug-likeness (QED) is 0.274. The van der Waals surface area contributed by atoms with E-state index in [0.717, 1.165) is 64.5 Å². The van der Waals surface area contributed by atoms with Gasteiger partial charge in [-0.25, -0.2) is 22.8 Å². The largest absolute Gasteiger partial charge is 0.477 e. The second-order valence-electron chi connectivity index (χ2n) is 9.01. The number of piperazine rings is 1. The number of carbonyl (C=O) groups excluding carboxylic acids is 1. The summed E-state index contributed by atoms with van der Waals surface area (Å²) in [5, 5.41) is 14.5. The van der Waals surface area contributed by atoms with Crippen LogP contribution in [0, 0.1) is 24.4 Å². The summed E-state index contributed by atoms with van der Waals surface area (Å²) in [5.41, 5.74) is -1.36. The van der Waals surface area contributed by atoms with Crippen molar-refractivity contribution in [3.05, 3.63) is 40.2 Å². The normalized spacial score (nSPS) is 14.5. The Balaban J connectivity index is 1.43. The number of nitrogens with zero attached hydrogens (tertiary/aromatic N) is 3. The highest BCUT2D eigenvalue weighted by Gasteiger charge is 2.25. The Bertz CT molecular complexity index is 1090. The third-order valence-electron chi connectivity index (χ3n) is 6.17. The highest BCUT2D eigenvalue weighted by atomic mass is 32.1. The van der Waals surface area contributed by atoms with Gasteiger partial charge in [-0.2, -0.15) is 4.37 Å². The molecule has 0 unspecified atom stereocenters. The molecule has 0 radical (unpaired) electrons. The molecule has 1 aromatic carbocycles. The number of urea groups is 1. The molecule has 1 aromatic heterocycles. The average Bonchev–Trinajstić information content (AvgIpc) is 3.25. The lowest BCUT2D eigenvalue weighted by atomic mass is 10.1. The van der Waals surface area contributed by atoms with Crippen LogP contribution in [0.5, 0.6) is 5.88 Å². The Morgan fingerprint density at radius 1 is 1.11 bits per heavy atom. The average molecular weight is 544 g/mol. The van der Waals surface area contributed by atoms with Gasteiger partial charge in [0.25, 0.3) is 0 Å². The first-order valence-electron chi connectivity index (χ1n) is 12.1. The van der Waals surface area contributed by atoms with E-state index in [2.05, 4.69) is 31.9 Å². The molecular weight excluding hydrogens is 511 g/mol. The number of aryl methyl sites for hydroxylation is 1. The maximum atomic E-state index is 14.1. The number of carbonyl (C=O) groups is 2. The minimum absolute atomic E-state index is 0.0943. The van der Waals surface area contributed by atoms with E-state index in [0.29, 0.717) is 18.1 Å². The summed E-state index contributed by atoms with van der Waals surface area (Å²) in [6, 6.07) is 0.217. The topological polar surface area (TPSA) is 107 Å². The number of likely N-dealkylation sites (N-methyl/N-ethyl adjacent to an activating group) is 1. The van der Waals surface area contributed by atoms with Gasteiger partial charge in [0.05, 0.1) is 5.56 Å². The van der Waals surface area contributed by atoms with Gasteiger partial charge in [-0.05, 0) is 56.5 Å². The summed E-state index contributed by atoms with van der Waals surface area (Å²) in [7, 11) is 2.13. The van der Waals surface area contributed by atoms with E-state index >= 15 is 0 Å². The van der Waals surface area contributed by atoms with Crippen LogP contribution in [-0.4, -0.2) is 77.6 Å². The molecule has 1 aliphatic rings. The third-order valence-corrected chi connectivity index (χ3v) is 6.92. The number of aromatic nitrogens is 1. The Kier molecular flexibility index (Phi) is 10.5. The minimum atomic E-state index is -1.45. The van der Waals surface area contributed by atoms with Gasteiger partial charge >= 0.3 is 12.0 Å². The van der Waals surface area contributed by atoms with Crippen LogP contribution in [-0.2, 0) is 6.61 Å². The molecule has 0 aliphatic carbocycles. The molecule has 1 aliphatic heterocycles. The maximum Gasteiger partial charge on any atom is 0.344 e. The van der Waals surface area contributed by atoms with Gasteiger partial charge in [-0.15, -0.1) is 0 Å². The summed E-state index contributed by atoms with van der Waals surface area (Å²) >= 11 is 0.649. The van der Waals surface area contributed by atoms with Gasteiger partial charge < -0.3 is 25.0 Å². The smallest absolute Gasteiger partial charge is 0.344 e. The number of hydrogen-bond donors (Lipinski definition) is 3. The van der Waals surface area contributed by atoms with E-state index in [9.17, 15) is 27.9 Å². The first-order chi connectivity index (χ1) is 17.7. The molecule has 3 N–H and O–H groups in total. The number of unbranched alkanes of at least 4 members (excludes halogenated alkanes) is 3. The highest BCUT2D eigenvalue weighted by molar-refractivity contribution is 7.11. The molecule has 204 valence electrons. The highest BCUT2D eigenvalue weighted by Crippen LogP contribution is 2.32. The lowest BCUT2D eigenvalue weighted by Crippen LogP contribution is -2.44. The second kappa shape index (κ2) is 13.6. The summed E-state index contributed by atoms with van der Waals surface area (Å²) in [6.07, 6.45) is 3.90. The molecule has 0 spiro atoms. The minimum Gasteiger partial charge on any atom is -0.477 e. The van der Waals surface area contributed by atoms with Gasteiger partial charge in [0, 0.05) is 32.7 Å². The van der Waals surface area contributed by atoms with Gasteiger partial charge in [-0.1, -0.05) is 12.8 Å². The van der Waals surface area contributed by atoms with Gasteiger partial charge in [-0.3, -0.25) is 5.32 Å². The van der Waals surface area contributed by atoms with E-state index in [1.54, 1.807) is 0 Å². The summed E-state index contributed by atoms with van der Waals surface area (Å²) in [5.74, 6) is -5.55. The summed E-state index contributed by atoms with van der Waals surface area (Å²) in [6.45, 7) is 6.32. The van der Waals surface area contributed by atoms with E-state index in [1.807, 2.05) is 0 Å². The summed E-state index contributed by atoms with van der Waals surface area (Å²) < 4.78 is 50.9. The zero-order chi connectivity index (χ0) is 26.9. The SMILES string of the molecule is Cc1cc(F)c(COc2nsc(NC(=O)NCCCCCCN3CCN(C)CC3)c2C(=O)O)c(F)c1F. The lowest BCUT2D eigenvalue weighted by molar-refractivity contribution is 0.0693. The fourth-order valence-corrected chi connectivity index (χ4v) is 4.63. The molecule has 0 bridgehead atoms. The van der Waals surface area contributed by atoms with Crippen LogP contribution >= 0.6 is 11.5 Å². The maximum absolute atomic E-state index is 14.1. The van der Waals surface area contributed by atoms with Crippen LogP contribution in [0.4, 0.5) is 23.0 Å². The Labute approximate surface area is 217 Å². The monoisotopic (exact) mass is 543 g/mol. The predicted octanol–water partition coefficient (Wildman–Crippen LogP) is 4.08. The molecule has 1 saturated heterocycles. The number of rotatable bonds is 12. The van der Waals surface area contributed by atoms with Crippen molar-refractivity contribution >= 4 is 28.5 Å². The fraction of sp³-hybridized carbons (Fsp3) is 0.542. The molecule has 9 nitrogen and oxygen atoms in total. The second-order valence-corrected chi connectivity index (χ2v) is 9.78. The van der Waals surface area contributed by atoms with Crippen LogP contribution in [0.15, 0.2) is 6.07 Å². The molecule has 37 heavy (non-hydrogen) atoms. The number of hydrogen-bond acceptors (Lipinski definition) is 7. The van der Waals surface area contributed by atoms with Crippen LogP contribution in [0.1, 0.15) is 47.2 Å². The van der Waals surface area contributed by atoms with E-state index in [-0.39, 0.29) is 10.6 Å². The molecule has 0 saturated carbocycles. The van der Waals surface area contributed by atoms with Crippen molar-refractivity contribution in [2.24, 2.45) is 0 Å². The van der Waals surface area contributed by atoms with Gasteiger partial charge in [0.15, 0.2) is 17.2 Å². The van der Waals surface area contributed by atoms with E-state index < -0.39 is 53.1 Å². The third kappa shape index (κ3) is 8.04. The number of carboxylic acids is 1. The van der Waals surface area contributed by atoms with Crippen LogP contribution in [0.25, 0.3) is 0 Å². The molecular formula is C24H32F3N5O4S. The van der Waals surface area contributed by atoms with Gasteiger partial charge in [0.1, 0.15) is 17.4 Å². The molecule has 1 fully saturated rings. The number of aromatic carboxylic acids is 1. The van der Waals surface area contributed by atoms with Gasteiger partial charge in [0.2, 0.25) is 5.88 Å². The van der Waals surface area contributed by atoms with Crippen molar-refractivity contribution in [2.75, 3.05) is 51.6 Å². The Morgan fingerprint density at radius 2 is 1.81 bits per heavy atom. The molecule has 13 heteroatoms. The number of benzene rings is 1. The van der Waals surface area contributed by atoms with Crippen LogP contribution in [0.2, 0.25) is 0 Å². The predicted molar refractivity (Wildman–Crippen MR) is 134 cm³/mol. The van der Waals surface area contributed by atoms with E-state index in [4.69, 9.17) is 4.74 Å². The van der Waals surface area contributed by atoms with Crippen molar-refractivity contribution in [2.45, 2.75) is 39.2 Å². The molecule has 2 heterocycles. The number of nitrogens with one attached hydrogen (secondary N) is 2. The van der Waals surface area contributed by atoms with Crippen LogP contribution < -0.4 is 15.4 Å². The van der Waals surface area contributed by atoms with Crippen molar-refractivity contribution < 1.29 is 32.6 Å². The Morgan fingerprint density at radius 3 is 2.51 bits per heavy atom. The molecule has 2 amide bonds. The van der Waals surface area contributed by atoms with Crippen LogP contribution in [0.3, 0.4) is 0 Å². The molecule has 3 rings (SSSR count). The lowest BCUT2D eigenvalue weighted by Gasteiger charge is -2.32. The molecule has 0 atom stereocenters. The standard InChI is InChI=1S/C24H32F3N5O4S/c1-15-13-17(25)16(20(27)19(15)26)14-36-21-18(23(33)34)22(37-30-21)29-24(35)28-7-5-3-4-6-8-32-11-9-31(2)10-12-32/h13H,3-12,14H2,1-2H3,(H,33,34)(H2,28,29,35). The zero-order valence-electron chi connectivity index (χ0n) is 20.9. The zero-order valence-corrected chi connectivity index (χ0v) is 21.7. The number of carboxylic acid groups (broad SMARTS) is 1.